The molecule has 0 radical (unpaired) electrons. The summed E-state index contributed by atoms with van der Waals surface area (Å²) >= 11 is 0. The van der Waals surface area contributed by atoms with Gasteiger partial charge in [0.1, 0.15) is 5.39 Å². The van der Waals surface area contributed by atoms with Gasteiger partial charge in [0.05, 0.1) is 18.3 Å². The first-order chi connectivity index (χ1) is 16.5. The fourth-order valence-electron chi connectivity index (χ4n) is 4.41. The number of fused-ring (bicyclic) bond motifs is 1. The van der Waals surface area contributed by atoms with E-state index in [1.54, 1.807) is 11.5 Å². The normalized spacial score (nSPS) is 12.1. The van der Waals surface area contributed by atoms with Gasteiger partial charge in [-0.1, -0.05) is 60.6 Å². The molecule has 2 heterocycles. The van der Waals surface area contributed by atoms with E-state index in [-0.39, 0.29) is 17.5 Å². The summed E-state index contributed by atoms with van der Waals surface area (Å²) in [6.07, 6.45) is 1.28. The smallest absolute Gasteiger partial charge is 0.264 e. The van der Waals surface area contributed by atoms with E-state index in [2.05, 4.69) is 5.16 Å². The third-order valence-electron chi connectivity index (χ3n) is 6.11. The van der Waals surface area contributed by atoms with Crippen LogP contribution < -0.4 is 11.3 Å². The second-order valence-electron chi connectivity index (χ2n) is 8.38. The molecule has 0 aliphatic carbocycles. The number of benzene rings is 2. The summed E-state index contributed by atoms with van der Waals surface area (Å²) in [4.78, 5) is 29.1. The Morgan fingerprint density at radius 1 is 1.12 bits per heavy atom. The minimum Gasteiger partial charge on any atom is -0.356 e. The SMILES string of the molecule is CCC(c1cc2onc(C)c2c(=O)n1Cc1ccccc1)N(CCCN)C(=O)c1ccccc1. The summed E-state index contributed by atoms with van der Waals surface area (Å²) in [7, 11) is 0. The molecule has 2 aromatic carbocycles. The first-order valence-corrected chi connectivity index (χ1v) is 11.6. The van der Waals surface area contributed by atoms with E-state index in [1.165, 1.54) is 0 Å². The van der Waals surface area contributed by atoms with Crippen LogP contribution in [-0.4, -0.2) is 33.6 Å². The van der Waals surface area contributed by atoms with E-state index < -0.39 is 0 Å². The summed E-state index contributed by atoms with van der Waals surface area (Å²) in [5.74, 6) is -0.0894. The van der Waals surface area contributed by atoms with Gasteiger partial charge in [0.25, 0.3) is 11.5 Å². The van der Waals surface area contributed by atoms with Crippen LogP contribution in [0.15, 0.2) is 76.0 Å². The standard InChI is InChI=1S/C27H30N4O3/c1-3-22(30(16-10-15-28)26(32)21-13-8-5-9-14-21)23-17-24-25(19(2)29-34-24)27(33)31(23)18-20-11-6-4-7-12-20/h4-9,11-14,17,22H,3,10,15-16,18,28H2,1-2H3. The number of amides is 1. The van der Waals surface area contributed by atoms with Gasteiger partial charge in [-0.05, 0) is 44.0 Å². The van der Waals surface area contributed by atoms with Gasteiger partial charge in [-0.15, -0.1) is 0 Å². The zero-order valence-electron chi connectivity index (χ0n) is 19.6. The number of nitrogens with two attached hydrogens (primary N) is 1. The van der Waals surface area contributed by atoms with Crippen molar-refractivity contribution in [1.82, 2.24) is 14.6 Å². The number of hydrogen-bond acceptors (Lipinski definition) is 5. The largest absolute Gasteiger partial charge is 0.356 e. The molecule has 0 spiro atoms. The lowest BCUT2D eigenvalue weighted by atomic mass is 10.0. The second kappa shape index (κ2) is 10.5. The Bertz CT molecular complexity index is 1310. The van der Waals surface area contributed by atoms with E-state index in [0.29, 0.717) is 54.7 Å². The minimum atomic E-state index is -0.342. The van der Waals surface area contributed by atoms with Crippen molar-refractivity contribution in [2.75, 3.05) is 13.1 Å². The van der Waals surface area contributed by atoms with E-state index in [9.17, 15) is 9.59 Å². The molecule has 0 aliphatic rings. The van der Waals surface area contributed by atoms with Crippen LogP contribution in [0.2, 0.25) is 0 Å². The Hall–Kier alpha value is -3.71. The molecule has 4 rings (SSSR count). The Balaban J connectivity index is 1.87. The fourth-order valence-corrected chi connectivity index (χ4v) is 4.41. The highest BCUT2D eigenvalue weighted by molar-refractivity contribution is 5.94. The van der Waals surface area contributed by atoms with Gasteiger partial charge >= 0.3 is 0 Å². The van der Waals surface area contributed by atoms with Crippen LogP contribution in [0.3, 0.4) is 0 Å². The van der Waals surface area contributed by atoms with Gasteiger partial charge < -0.3 is 19.7 Å². The zero-order chi connectivity index (χ0) is 24.1. The van der Waals surface area contributed by atoms with Crippen molar-refractivity contribution in [1.29, 1.82) is 0 Å². The maximum Gasteiger partial charge on any atom is 0.264 e. The molecule has 4 aromatic rings. The average Bonchev–Trinajstić information content (AvgIpc) is 3.25. The molecule has 2 N–H and O–H groups in total. The number of nitrogens with zero attached hydrogens (tertiary/aromatic N) is 3. The Morgan fingerprint density at radius 3 is 2.44 bits per heavy atom. The third-order valence-corrected chi connectivity index (χ3v) is 6.11. The van der Waals surface area contributed by atoms with Crippen LogP contribution in [0, 0.1) is 6.92 Å². The summed E-state index contributed by atoms with van der Waals surface area (Å²) in [5, 5.41) is 4.49. The van der Waals surface area contributed by atoms with Crippen LogP contribution in [-0.2, 0) is 6.54 Å². The van der Waals surface area contributed by atoms with Gasteiger partial charge in [0, 0.05) is 23.9 Å². The summed E-state index contributed by atoms with van der Waals surface area (Å²) in [5.41, 5.74) is 8.96. The van der Waals surface area contributed by atoms with Crippen LogP contribution in [0.1, 0.15) is 53.1 Å². The molecule has 7 nitrogen and oxygen atoms in total. The summed E-state index contributed by atoms with van der Waals surface area (Å²) < 4.78 is 7.24. The molecule has 7 heteroatoms. The summed E-state index contributed by atoms with van der Waals surface area (Å²) in [6.45, 7) is 5.12. The molecular formula is C27H30N4O3. The molecule has 0 bridgehead atoms. The number of pyridine rings is 1. The number of aryl methyl sites for hydroxylation is 1. The van der Waals surface area contributed by atoms with Crippen molar-refractivity contribution in [3.8, 4) is 0 Å². The number of carbonyl (C=O) groups is 1. The Labute approximate surface area is 198 Å². The topological polar surface area (TPSA) is 94.4 Å². The number of carbonyl (C=O) groups excluding carboxylic acids is 1. The molecule has 0 fully saturated rings. The van der Waals surface area contributed by atoms with E-state index in [4.69, 9.17) is 10.3 Å². The van der Waals surface area contributed by atoms with Crippen molar-refractivity contribution in [3.05, 3.63) is 99.6 Å². The molecule has 0 saturated heterocycles. The summed E-state index contributed by atoms with van der Waals surface area (Å²) in [6, 6.07) is 20.6. The van der Waals surface area contributed by atoms with Gasteiger partial charge in [0.15, 0.2) is 5.58 Å². The number of rotatable bonds is 9. The van der Waals surface area contributed by atoms with Crippen LogP contribution >= 0.6 is 0 Å². The predicted octanol–water partition coefficient (Wildman–Crippen LogP) is 4.29. The quantitative estimate of drug-likeness (QED) is 0.404. The highest BCUT2D eigenvalue weighted by Gasteiger charge is 2.29. The maximum atomic E-state index is 13.7. The number of hydrogen-bond donors (Lipinski definition) is 1. The average molecular weight is 459 g/mol. The molecule has 0 aliphatic heterocycles. The van der Waals surface area contributed by atoms with Crippen molar-refractivity contribution >= 4 is 16.9 Å². The van der Waals surface area contributed by atoms with Gasteiger partial charge in [-0.3, -0.25) is 9.59 Å². The van der Waals surface area contributed by atoms with Crippen molar-refractivity contribution in [3.63, 3.8) is 0 Å². The molecule has 0 saturated carbocycles. The first-order valence-electron chi connectivity index (χ1n) is 11.6. The molecule has 34 heavy (non-hydrogen) atoms. The lowest BCUT2D eigenvalue weighted by molar-refractivity contribution is 0.0660. The highest BCUT2D eigenvalue weighted by Crippen LogP contribution is 2.29. The molecular weight excluding hydrogens is 428 g/mol. The molecule has 176 valence electrons. The Morgan fingerprint density at radius 2 is 1.79 bits per heavy atom. The van der Waals surface area contributed by atoms with Crippen LogP contribution in [0.25, 0.3) is 11.0 Å². The lowest BCUT2D eigenvalue weighted by Gasteiger charge is -2.33. The van der Waals surface area contributed by atoms with E-state index in [1.807, 2.05) is 78.6 Å². The zero-order valence-corrected chi connectivity index (χ0v) is 19.6. The van der Waals surface area contributed by atoms with E-state index in [0.717, 1.165) is 11.3 Å². The molecule has 1 unspecified atom stereocenters. The second-order valence-corrected chi connectivity index (χ2v) is 8.38. The van der Waals surface area contributed by atoms with Crippen molar-refractivity contribution in [2.45, 2.75) is 39.3 Å². The Kier molecular flexibility index (Phi) is 7.23. The van der Waals surface area contributed by atoms with Gasteiger partial charge in [0.2, 0.25) is 0 Å². The highest BCUT2D eigenvalue weighted by atomic mass is 16.5. The maximum absolute atomic E-state index is 13.7. The first kappa shape index (κ1) is 23.4. The molecule has 1 amide bonds. The van der Waals surface area contributed by atoms with Crippen LogP contribution in [0.5, 0.6) is 0 Å². The van der Waals surface area contributed by atoms with Gasteiger partial charge in [-0.25, -0.2) is 0 Å². The van der Waals surface area contributed by atoms with Crippen molar-refractivity contribution in [2.24, 2.45) is 5.73 Å². The van der Waals surface area contributed by atoms with Crippen LogP contribution in [0.4, 0.5) is 0 Å². The van der Waals surface area contributed by atoms with E-state index >= 15 is 0 Å². The third kappa shape index (κ3) is 4.65. The lowest BCUT2D eigenvalue weighted by Crippen LogP contribution is -2.39. The van der Waals surface area contributed by atoms with Crippen molar-refractivity contribution < 1.29 is 9.32 Å². The monoisotopic (exact) mass is 458 g/mol. The van der Waals surface area contributed by atoms with Gasteiger partial charge in [-0.2, -0.15) is 0 Å². The molecule has 2 aromatic heterocycles. The number of aromatic nitrogens is 2. The fraction of sp³-hybridized carbons (Fsp3) is 0.296. The predicted molar refractivity (Wildman–Crippen MR) is 133 cm³/mol. The minimum absolute atomic E-state index is 0.0894. The molecule has 1 atom stereocenters.